The molecule has 1 aromatic heterocycles. The Bertz CT molecular complexity index is 1420. The molecule has 2 atom stereocenters. The van der Waals surface area contributed by atoms with E-state index in [1.807, 2.05) is 36.5 Å². The zero-order valence-corrected chi connectivity index (χ0v) is 25.9. The van der Waals surface area contributed by atoms with Crippen molar-refractivity contribution in [3.63, 3.8) is 0 Å². The molecule has 1 aliphatic heterocycles. The van der Waals surface area contributed by atoms with Gasteiger partial charge in [0.2, 0.25) is 0 Å². The number of nitrogens with one attached hydrogen (secondary N) is 2. The van der Waals surface area contributed by atoms with Crippen LogP contribution in [0.1, 0.15) is 86.9 Å². The number of carbonyl (C=O) groups is 2. The van der Waals surface area contributed by atoms with Gasteiger partial charge in [-0.15, -0.1) is 0 Å². The summed E-state index contributed by atoms with van der Waals surface area (Å²) in [7, 11) is 1.51. The highest BCUT2D eigenvalue weighted by Crippen LogP contribution is 2.54. The molecule has 0 spiro atoms. The second kappa shape index (κ2) is 14.3. The van der Waals surface area contributed by atoms with Crippen LogP contribution in [0.5, 0.6) is 11.5 Å². The van der Waals surface area contributed by atoms with Crippen molar-refractivity contribution in [1.29, 1.82) is 0 Å². The number of hydrogen-bond donors (Lipinski definition) is 5. The van der Waals surface area contributed by atoms with Crippen LogP contribution in [0.2, 0.25) is 0 Å². The Labute approximate surface area is 260 Å². The predicted molar refractivity (Wildman–Crippen MR) is 171 cm³/mol. The van der Waals surface area contributed by atoms with Crippen molar-refractivity contribution >= 4 is 11.6 Å². The number of carbonyl (C=O) groups excluding carboxylic acids is 2. The fourth-order valence-corrected chi connectivity index (χ4v) is 7.37. The van der Waals surface area contributed by atoms with E-state index in [4.69, 9.17) is 10.5 Å². The largest absolute Gasteiger partial charge is 0.504 e. The number of Topliss-reactive ketones (excluding diaryl/α,β-unsaturated/α-hetero) is 2. The van der Waals surface area contributed by atoms with Crippen LogP contribution in [0, 0.1) is 11.3 Å². The molecule has 2 aliphatic carbocycles. The number of phenolic OH excluding ortho intramolecular Hbond substituents is 1. The van der Waals surface area contributed by atoms with Crippen LogP contribution in [0.3, 0.4) is 0 Å². The minimum Gasteiger partial charge on any atom is -0.504 e. The van der Waals surface area contributed by atoms with Gasteiger partial charge < -0.3 is 31.0 Å². The molecule has 5 rings (SSSR count). The van der Waals surface area contributed by atoms with Crippen LogP contribution in [0.15, 0.2) is 65.7 Å². The quantitative estimate of drug-likeness (QED) is 0.180. The molecule has 0 saturated heterocycles. The fraction of sp³-hybridized carbons (Fsp3) is 0.500. The van der Waals surface area contributed by atoms with Crippen molar-refractivity contribution in [3.8, 4) is 11.5 Å². The van der Waals surface area contributed by atoms with Gasteiger partial charge in [-0.1, -0.05) is 62.8 Å². The summed E-state index contributed by atoms with van der Waals surface area (Å²) in [6, 6.07) is 7.58. The average Bonchev–Trinajstić information content (AvgIpc) is 3.54. The molecule has 8 nitrogen and oxygen atoms in total. The number of aromatic amines is 1. The molecule has 6 N–H and O–H groups in total. The first-order chi connectivity index (χ1) is 21.3. The van der Waals surface area contributed by atoms with Crippen LogP contribution in [-0.4, -0.2) is 47.0 Å². The Kier molecular flexibility index (Phi) is 10.3. The Balaban J connectivity index is 1.35. The molecule has 0 amide bonds. The maximum absolute atomic E-state index is 12.9. The Morgan fingerprint density at radius 1 is 1.14 bits per heavy atom. The number of aliphatic hydroxyl groups is 1. The summed E-state index contributed by atoms with van der Waals surface area (Å²) < 4.78 is 5.60. The number of aliphatic hydroxyl groups excluding tert-OH is 1. The number of ketones is 2. The second-order valence-corrected chi connectivity index (χ2v) is 12.8. The van der Waals surface area contributed by atoms with Crippen LogP contribution in [-0.2, 0) is 22.4 Å². The summed E-state index contributed by atoms with van der Waals surface area (Å²) in [6.07, 6.45) is 17.9. The number of phenols is 1. The van der Waals surface area contributed by atoms with E-state index in [0.717, 1.165) is 41.2 Å². The molecule has 3 aliphatic rings. The van der Waals surface area contributed by atoms with E-state index in [2.05, 4.69) is 16.4 Å². The summed E-state index contributed by atoms with van der Waals surface area (Å²) in [6.45, 7) is 0.359. The number of aromatic nitrogens is 1. The molecule has 0 unspecified atom stereocenters. The molecule has 0 bridgehead atoms. The number of hydrogen-bond acceptors (Lipinski definition) is 7. The maximum Gasteiger partial charge on any atom is 0.161 e. The van der Waals surface area contributed by atoms with E-state index in [-0.39, 0.29) is 36.8 Å². The highest BCUT2D eigenvalue weighted by Gasteiger charge is 2.45. The Morgan fingerprint density at radius 2 is 1.93 bits per heavy atom. The van der Waals surface area contributed by atoms with E-state index in [9.17, 15) is 19.8 Å². The summed E-state index contributed by atoms with van der Waals surface area (Å²) >= 11 is 0. The van der Waals surface area contributed by atoms with Gasteiger partial charge in [0.25, 0.3) is 0 Å². The lowest BCUT2D eigenvalue weighted by atomic mass is 9.61. The average molecular weight is 602 g/mol. The number of rotatable bonds is 14. The molecule has 2 aromatic rings. The maximum atomic E-state index is 12.9. The molecule has 8 heteroatoms. The first-order valence-corrected chi connectivity index (χ1v) is 16.1. The van der Waals surface area contributed by atoms with Crippen LogP contribution in [0.25, 0.3) is 0 Å². The third-order valence-electron chi connectivity index (χ3n) is 9.73. The molecule has 1 fully saturated rings. The van der Waals surface area contributed by atoms with E-state index in [1.54, 1.807) is 6.07 Å². The monoisotopic (exact) mass is 601 g/mol. The highest BCUT2D eigenvalue weighted by atomic mass is 16.5. The number of allylic oxidation sites excluding steroid dienone is 3. The third-order valence-corrected chi connectivity index (χ3v) is 9.73. The Morgan fingerprint density at radius 3 is 2.66 bits per heavy atom. The first kappa shape index (κ1) is 31.6. The molecule has 1 aromatic carbocycles. The van der Waals surface area contributed by atoms with Gasteiger partial charge in [-0.25, -0.2) is 0 Å². The minimum atomic E-state index is -0.779. The standard InChI is InChI=1S/C36H47N3O5/c1-44-32-20-25(12-13-28(42)21-27(41)11-5-9-24-7-3-2-4-8-24)19-31(34(32)43)33-29-15-18-39-35(37)30(29)14-16-36(33,23-40)22-26-10-6-17-38-26/h6,10,14-17,19-20,24,33,38-40,43H,2-5,7-9,11-13,18,21-23,37H2,1H3/t33-,36-/m0/s1. The highest BCUT2D eigenvalue weighted by molar-refractivity contribution is 5.99. The third kappa shape index (κ3) is 7.12. The van der Waals surface area contributed by atoms with Gasteiger partial charge in [-0.2, -0.15) is 0 Å². The van der Waals surface area contributed by atoms with Gasteiger partial charge in [0, 0.05) is 53.7 Å². The second-order valence-electron chi connectivity index (χ2n) is 12.8. The van der Waals surface area contributed by atoms with E-state index < -0.39 is 11.3 Å². The van der Waals surface area contributed by atoms with Gasteiger partial charge >= 0.3 is 0 Å². The van der Waals surface area contributed by atoms with E-state index in [0.29, 0.717) is 42.9 Å². The lowest BCUT2D eigenvalue weighted by molar-refractivity contribution is -0.127. The van der Waals surface area contributed by atoms with Crippen LogP contribution < -0.4 is 15.8 Å². The minimum absolute atomic E-state index is 0.00214. The number of nitrogens with two attached hydrogens (primary N) is 1. The summed E-state index contributed by atoms with van der Waals surface area (Å²) in [4.78, 5) is 28.7. The number of H-pyrrole nitrogens is 1. The zero-order valence-electron chi connectivity index (χ0n) is 25.9. The number of aromatic hydroxyl groups is 1. The van der Waals surface area contributed by atoms with Crippen molar-refractivity contribution in [2.45, 2.75) is 83.0 Å². The number of aryl methyl sites for hydroxylation is 1. The summed E-state index contributed by atoms with van der Waals surface area (Å²) in [5.74, 6) is 1.10. The van der Waals surface area contributed by atoms with Crippen molar-refractivity contribution in [2.24, 2.45) is 17.1 Å². The lowest BCUT2D eigenvalue weighted by Crippen LogP contribution is -2.40. The Hall–Kier alpha value is -3.78. The number of methoxy groups -OCH3 is 1. The van der Waals surface area contributed by atoms with Crippen molar-refractivity contribution in [3.05, 3.63) is 82.5 Å². The number of fused-ring (bicyclic) bond motifs is 1. The SMILES string of the molecule is COc1cc(CCC(=O)CC(=O)CCCC2CCCCC2)cc([C@@H]2C3=CCNC(N)=C3C=C[C@@]2(CO)Cc2ccc[nH]2)c1O. The van der Waals surface area contributed by atoms with Gasteiger partial charge in [-0.05, 0) is 54.5 Å². The number of benzene rings is 1. The number of ether oxygens (including phenoxy) is 1. The fourth-order valence-electron chi connectivity index (χ4n) is 7.37. The molecule has 0 radical (unpaired) electrons. The zero-order chi connectivity index (χ0) is 31.1. The molecule has 1 saturated carbocycles. The van der Waals surface area contributed by atoms with E-state index >= 15 is 0 Å². The summed E-state index contributed by atoms with van der Waals surface area (Å²) in [5, 5.41) is 25.7. The molecule has 236 valence electrons. The van der Waals surface area contributed by atoms with Gasteiger partial charge in [0.05, 0.1) is 20.1 Å². The topological polar surface area (TPSA) is 138 Å². The van der Waals surface area contributed by atoms with Crippen molar-refractivity contribution < 1.29 is 24.5 Å². The first-order valence-electron chi connectivity index (χ1n) is 16.1. The van der Waals surface area contributed by atoms with Crippen LogP contribution >= 0.6 is 0 Å². The molecule has 44 heavy (non-hydrogen) atoms. The molecular weight excluding hydrogens is 554 g/mol. The molecular formula is C36H47N3O5. The van der Waals surface area contributed by atoms with Crippen molar-refractivity contribution in [1.82, 2.24) is 10.3 Å². The van der Waals surface area contributed by atoms with Gasteiger partial charge in [0.15, 0.2) is 11.5 Å². The number of dihydropyridines is 1. The lowest BCUT2D eigenvalue weighted by Gasteiger charge is -2.43. The van der Waals surface area contributed by atoms with Gasteiger partial charge in [0.1, 0.15) is 17.4 Å². The summed E-state index contributed by atoms with van der Waals surface area (Å²) in [5.41, 5.74) is 9.73. The smallest absolute Gasteiger partial charge is 0.161 e. The van der Waals surface area contributed by atoms with Gasteiger partial charge in [-0.3, -0.25) is 9.59 Å². The van der Waals surface area contributed by atoms with E-state index in [1.165, 1.54) is 39.2 Å². The van der Waals surface area contributed by atoms with Crippen molar-refractivity contribution in [2.75, 3.05) is 20.3 Å². The van der Waals surface area contributed by atoms with Crippen LogP contribution in [0.4, 0.5) is 0 Å². The molecule has 2 heterocycles. The normalized spacial score (nSPS) is 21.9. The predicted octanol–water partition coefficient (Wildman–Crippen LogP) is 5.52.